The van der Waals surface area contributed by atoms with Gasteiger partial charge in [-0.05, 0) is 18.3 Å². The molecule has 1 aromatic carbocycles. The molecule has 2 heterocycles. The molecule has 0 saturated carbocycles. The van der Waals surface area contributed by atoms with E-state index in [0.29, 0.717) is 11.4 Å². The first-order chi connectivity index (χ1) is 8.31. The van der Waals surface area contributed by atoms with Gasteiger partial charge in [0.1, 0.15) is 24.2 Å². The Hall–Kier alpha value is -1.62. The van der Waals surface area contributed by atoms with Crippen molar-refractivity contribution in [2.24, 2.45) is 0 Å². The van der Waals surface area contributed by atoms with Crippen molar-refractivity contribution in [2.45, 2.75) is 19.4 Å². The standard InChI is InChI=1S/C12H13N3OS/c1-2-11-13-14-12(17)15(11)9-7-16-10-6-4-3-5-8(9)10/h3-6,9H,2,7H2,1H3,(H,14,17). The SMILES string of the molecule is CCc1n[nH]c(=S)n1C1COc2ccccc21. The van der Waals surface area contributed by atoms with Crippen molar-refractivity contribution in [3.8, 4) is 5.75 Å². The van der Waals surface area contributed by atoms with Crippen LogP contribution in [0.25, 0.3) is 0 Å². The molecule has 1 aliphatic heterocycles. The van der Waals surface area contributed by atoms with Gasteiger partial charge in [0.2, 0.25) is 0 Å². The highest BCUT2D eigenvalue weighted by Gasteiger charge is 2.27. The average molecular weight is 247 g/mol. The van der Waals surface area contributed by atoms with E-state index in [-0.39, 0.29) is 6.04 Å². The number of benzene rings is 1. The van der Waals surface area contributed by atoms with E-state index < -0.39 is 0 Å². The van der Waals surface area contributed by atoms with Gasteiger partial charge in [-0.2, -0.15) is 5.10 Å². The van der Waals surface area contributed by atoms with Crippen molar-refractivity contribution in [2.75, 3.05) is 6.61 Å². The normalized spacial score (nSPS) is 17.8. The number of aryl methyl sites for hydroxylation is 1. The molecule has 0 amide bonds. The van der Waals surface area contributed by atoms with Crippen molar-refractivity contribution < 1.29 is 4.74 Å². The Labute approximate surface area is 104 Å². The minimum absolute atomic E-state index is 0.146. The summed E-state index contributed by atoms with van der Waals surface area (Å²) in [7, 11) is 0. The largest absolute Gasteiger partial charge is 0.491 e. The maximum Gasteiger partial charge on any atom is 0.195 e. The van der Waals surface area contributed by atoms with Crippen LogP contribution in [0.2, 0.25) is 0 Å². The number of para-hydroxylation sites is 1. The average Bonchev–Trinajstić information content (AvgIpc) is 2.92. The summed E-state index contributed by atoms with van der Waals surface area (Å²) >= 11 is 5.29. The molecule has 17 heavy (non-hydrogen) atoms. The number of ether oxygens (including phenoxy) is 1. The number of aromatic amines is 1. The second-order valence-electron chi connectivity index (χ2n) is 4.03. The minimum Gasteiger partial charge on any atom is -0.491 e. The van der Waals surface area contributed by atoms with Gasteiger partial charge in [0.05, 0.1) is 0 Å². The van der Waals surface area contributed by atoms with Crippen LogP contribution in [0.3, 0.4) is 0 Å². The first-order valence-corrected chi connectivity index (χ1v) is 6.09. The Balaban J connectivity index is 2.13. The van der Waals surface area contributed by atoms with Gasteiger partial charge >= 0.3 is 0 Å². The molecule has 0 bridgehead atoms. The lowest BCUT2D eigenvalue weighted by atomic mass is 10.1. The van der Waals surface area contributed by atoms with Gasteiger partial charge < -0.3 is 4.74 Å². The highest BCUT2D eigenvalue weighted by Crippen LogP contribution is 2.35. The Morgan fingerprint density at radius 3 is 3.18 bits per heavy atom. The van der Waals surface area contributed by atoms with Gasteiger partial charge in [-0.1, -0.05) is 25.1 Å². The second kappa shape index (κ2) is 4.00. The van der Waals surface area contributed by atoms with E-state index in [0.717, 1.165) is 18.0 Å². The third-order valence-corrected chi connectivity index (χ3v) is 3.37. The summed E-state index contributed by atoms with van der Waals surface area (Å²) in [5.41, 5.74) is 1.18. The molecule has 0 radical (unpaired) electrons. The van der Waals surface area contributed by atoms with Gasteiger partial charge in [0.15, 0.2) is 4.77 Å². The molecule has 0 spiro atoms. The molecule has 88 valence electrons. The summed E-state index contributed by atoms with van der Waals surface area (Å²) in [6.45, 7) is 2.70. The zero-order chi connectivity index (χ0) is 11.8. The molecular weight excluding hydrogens is 234 g/mol. The van der Waals surface area contributed by atoms with Crippen molar-refractivity contribution >= 4 is 12.2 Å². The Bertz CT molecular complexity index is 602. The zero-order valence-electron chi connectivity index (χ0n) is 9.51. The number of H-pyrrole nitrogens is 1. The van der Waals surface area contributed by atoms with Gasteiger partial charge in [-0.3, -0.25) is 9.67 Å². The van der Waals surface area contributed by atoms with Crippen molar-refractivity contribution in [1.29, 1.82) is 0 Å². The molecule has 1 aliphatic rings. The zero-order valence-corrected chi connectivity index (χ0v) is 10.3. The summed E-state index contributed by atoms with van der Waals surface area (Å²) in [5.74, 6) is 1.92. The lowest BCUT2D eigenvalue weighted by molar-refractivity contribution is 0.313. The van der Waals surface area contributed by atoms with Crippen LogP contribution in [0.1, 0.15) is 24.4 Å². The maximum atomic E-state index is 5.68. The number of nitrogens with one attached hydrogen (secondary N) is 1. The third-order valence-electron chi connectivity index (χ3n) is 3.08. The Morgan fingerprint density at radius 2 is 2.35 bits per heavy atom. The minimum atomic E-state index is 0.146. The van der Waals surface area contributed by atoms with Crippen molar-refractivity contribution in [3.05, 3.63) is 40.4 Å². The highest BCUT2D eigenvalue weighted by atomic mass is 32.1. The van der Waals surface area contributed by atoms with Crippen LogP contribution < -0.4 is 4.74 Å². The molecule has 0 aliphatic carbocycles. The number of rotatable bonds is 2. The van der Waals surface area contributed by atoms with E-state index in [4.69, 9.17) is 17.0 Å². The van der Waals surface area contributed by atoms with Crippen LogP contribution in [0, 0.1) is 4.77 Å². The third kappa shape index (κ3) is 1.58. The molecule has 1 unspecified atom stereocenters. The molecule has 4 nitrogen and oxygen atoms in total. The fourth-order valence-electron chi connectivity index (χ4n) is 2.27. The number of nitrogens with zero attached hydrogens (tertiary/aromatic N) is 2. The van der Waals surface area contributed by atoms with Crippen LogP contribution in [0.15, 0.2) is 24.3 Å². The van der Waals surface area contributed by atoms with Crippen LogP contribution in [-0.4, -0.2) is 21.4 Å². The predicted molar refractivity (Wildman–Crippen MR) is 66.9 cm³/mol. The Morgan fingerprint density at radius 1 is 1.53 bits per heavy atom. The fraction of sp³-hybridized carbons (Fsp3) is 0.333. The second-order valence-corrected chi connectivity index (χ2v) is 4.42. The van der Waals surface area contributed by atoms with E-state index in [1.807, 2.05) is 18.2 Å². The van der Waals surface area contributed by atoms with E-state index in [9.17, 15) is 0 Å². The molecule has 2 aromatic rings. The molecule has 3 rings (SSSR count). The molecule has 0 saturated heterocycles. The van der Waals surface area contributed by atoms with Gasteiger partial charge in [0.25, 0.3) is 0 Å². The molecule has 1 aromatic heterocycles. The summed E-state index contributed by atoms with van der Waals surface area (Å²) in [6.07, 6.45) is 0.853. The fourth-order valence-corrected chi connectivity index (χ4v) is 2.55. The lowest BCUT2D eigenvalue weighted by Gasteiger charge is -2.12. The quantitative estimate of drug-likeness (QED) is 0.829. The summed E-state index contributed by atoms with van der Waals surface area (Å²) in [4.78, 5) is 0. The van der Waals surface area contributed by atoms with Crippen LogP contribution >= 0.6 is 12.2 Å². The predicted octanol–water partition coefficient (Wildman–Crippen LogP) is 2.48. The number of hydrogen-bond donors (Lipinski definition) is 1. The van der Waals surface area contributed by atoms with Crippen LogP contribution in [0.5, 0.6) is 5.75 Å². The van der Waals surface area contributed by atoms with Gasteiger partial charge in [-0.25, -0.2) is 0 Å². The van der Waals surface area contributed by atoms with Gasteiger partial charge in [-0.15, -0.1) is 0 Å². The monoisotopic (exact) mass is 247 g/mol. The van der Waals surface area contributed by atoms with Gasteiger partial charge in [0, 0.05) is 12.0 Å². The van der Waals surface area contributed by atoms with Crippen molar-refractivity contribution in [3.63, 3.8) is 0 Å². The number of aromatic nitrogens is 3. The van der Waals surface area contributed by atoms with E-state index in [1.54, 1.807) is 0 Å². The van der Waals surface area contributed by atoms with Crippen LogP contribution in [0.4, 0.5) is 0 Å². The molecule has 0 fully saturated rings. The summed E-state index contributed by atoms with van der Waals surface area (Å²) in [5, 5.41) is 7.10. The Kier molecular flexibility index (Phi) is 2.48. The maximum absolute atomic E-state index is 5.68. The number of fused-ring (bicyclic) bond motifs is 1. The first-order valence-electron chi connectivity index (χ1n) is 5.68. The summed E-state index contributed by atoms with van der Waals surface area (Å²) in [6, 6.07) is 8.23. The van der Waals surface area contributed by atoms with Crippen molar-refractivity contribution in [1.82, 2.24) is 14.8 Å². The number of hydrogen-bond acceptors (Lipinski definition) is 3. The van der Waals surface area contributed by atoms with E-state index >= 15 is 0 Å². The highest BCUT2D eigenvalue weighted by molar-refractivity contribution is 7.71. The van der Waals surface area contributed by atoms with E-state index in [2.05, 4.69) is 27.8 Å². The molecular formula is C12H13N3OS. The topological polar surface area (TPSA) is 42.8 Å². The van der Waals surface area contributed by atoms with E-state index in [1.165, 1.54) is 5.56 Å². The lowest BCUT2D eigenvalue weighted by Crippen LogP contribution is -2.15. The summed E-state index contributed by atoms with van der Waals surface area (Å²) < 4.78 is 8.40. The molecule has 1 atom stereocenters. The smallest absolute Gasteiger partial charge is 0.195 e. The molecule has 5 heteroatoms. The first kappa shape index (κ1) is 10.5. The molecule has 1 N–H and O–H groups in total. The van der Waals surface area contributed by atoms with Crippen LogP contribution in [-0.2, 0) is 6.42 Å².